The monoisotopic (exact) mass is 176 g/mol. The van der Waals surface area contributed by atoms with Gasteiger partial charge in [-0.05, 0) is 13.3 Å². The molecule has 0 radical (unpaired) electrons. The zero-order valence-corrected chi connectivity index (χ0v) is 7.52. The molecule has 3 nitrogen and oxygen atoms in total. The molecule has 0 aromatic carbocycles. The first-order chi connectivity index (χ1) is 4.75. The van der Waals surface area contributed by atoms with Crippen molar-refractivity contribution < 1.29 is 4.52 Å². The topological polar surface area (TPSA) is 52.0 Å². The molecular weight excluding hydrogens is 164 g/mol. The van der Waals surface area contributed by atoms with Crippen LogP contribution in [0.5, 0.6) is 0 Å². The molecule has 1 rings (SSSR count). The summed E-state index contributed by atoms with van der Waals surface area (Å²) in [6, 6.07) is 0.0752. The minimum absolute atomic E-state index is 0. The molecule has 0 spiro atoms. The van der Waals surface area contributed by atoms with Crippen LogP contribution in [0.2, 0.25) is 0 Å². The van der Waals surface area contributed by atoms with Crippen molar-refractivity contribution in [3.8, 4) is 0 Å². The molecule has 0 amide bonds. The first-order valence-corrected chi connectivity index (χ1v) is 3.42. The minimum Gasteiger partial charge on any atom is -0.364 e. The standard InChI is InChI=1S/C7H12N2O.ClH/c1-3-7(8)6-4-10-9-5(6)2;/h4,7H,3,8H2,1-2H3;1H. The number of halogens is 1. The van der Waals surface area contributed by atoms with E-state index in [4.69, 9.17) is 10.3 Å². The lowest BCUT2D eigenvalue weighted by Gasteiger charge is -2.03. The van der Waals surface area contributed by atoms with Crippen LogP contribution < -0.4 is 5.73 Å². The summed E-state index contributed by atoms with van der Waals surface area (Å²) in [6.07, 6.45) is 2.53. The molecule has 2 N–H and O–H groups in total. The fourth-order valence-electron chi connectivity index (χ4n) is 0.876. The largest absolute Gasteiger partial charge is 0.364 e. The van der Waals surface area contributed by atoms with Crippen LogP contribution >= 0.6 is 12.4 Å². The summed E-state index contributed by atoms with van der Waals surface area (Å²) >= 11 is 0. The SMILES string of the molecule is CCC(N)c1conc1C.Cl. The van der Waals surface area contributed by atoms with Crippen LogP contribution in [0.1, 0.15) is 30.6 Å². The maximum absolute atomic E-state index is 5.74. The van der Waals surface area contributed by atoms with Gasteiger partial charge in [0.25, 0.3) is 0 Å². The van der Waals surface area contributed by atoms with Crippen molar-refractivity contribution in [2.75, 3.05) is 0 Å². The Bertz CT molecular complexity index is 212. The minimum atomic E-state index is 0. The number of aryl methyl sites for hydroxylation is 1. The molecule has 0 aliphatic heterocycles. The van der Waals surface area contributed by atoms with Crippen molar-refractivity contribution >= 4 is 12.4 Å². The van der Waals surface area contributed by atoms with E-state index in [0.29, 0.717) is 0 Å². The highest BCUT2D eigenvalue weighted by molar-refractivity contribution is 5.85. The van der Waals surface area contributed by atoms with E-state index in [-0.39, 0.29) is 18.4 Å². The van der Waals surface area contributed by atoms with Gasteiger partial charge in [0.05, 0.1) is 5.69 Å². The molecule has 0 saturated heterocycles. The van der Waals surface area contributed by atoms with Gasteiger partial charge in [0.1, 0.15) is 6.26 Å². The lowest BCUT2D eigenvalue weighted by atomic mass is 10.1. The molecule has 1 unspecified atom stereocenters. The Morgan fingerprint density at radius 1 is 1.73 bits per heavy atom. The molecule has 1 atom stereocenters. The molecular formula is C7H13ClN2O. The normalized spacial score (nSPS) is 12.3. The molecule has 64 valence electrons. The Kier molecular flexibility index (Phi) is 4.15. The zero-order valence-electron chi connectivity index (χ0n) is 6.70. The number of hydrogen-bond acceptors (Lipinski definition) is 3. The van der Waals surface area contributed by atoms with Gasteiger partial charge in [0.2, 0.25) is 0 Å². The number of hydrogen-bond donors (Lipinski definition) is 1. The molecule has 0 fully saturated rings. The van der Waals surface area contributed by atoms with Crippen LogP contribution in [-0.2, 0) is 0 Å². The fraction of sp³-hybridized carbons (Fsp3) is 0.571. The van der Waals surface area contributed by atoms with Gasteiger partial charge in [-0.3, -0.25) is 0 Å². The highest BCUT2D eigenvalue weighted by atomic mass is 35.5. The molecule has 0 aliphatic rings. The van der Waals surface area contributed by atoms with Gasteiger partial charge in [-0.1, -0.05) is 12.1 Å². The van der Waals surface area contributed by atoms with Crippen molar-refractivity contribution in [3.63, 3.8) is 0 Å². The van der Waals surface area contributed by atoms with Crippen molar-refractivity contribution in [1.82, 2.24) is 5.16 Å². The summed E-state index contributed by atoms with van der Waals surface area (Å²) in [5.74, 6) is 0. The van der Waals surface area contributed by atoms with Crippen LogP contribution in [0, 0.1) is 6.92 Å². The Hall–Kier alpha value is -0.540. The second-order valence-electron chi connectivity index (χ2n) is 2.37. The highest BCUT2D eigenvalue weighted by Crippen LogP contribution is 2.15. The number of aromatic nitrogens is 1. The summed E-state index contributed by atoms with van der Waals surface area (Å²) in [7, 11) is 0. The summed E-state index contributed by atoms with van der Waals surface area (Å²) in [5.41, 5.74) is 7.65. The Labute approximate surface area is 72.3 Å². The molecule has 1 aromatic rings. The van der Waals surface area contributed by atoms with Gasteiger partial charge in [-0.15, -0.1) is 12.4 Å². The lowest BCUT2D eigenvalue weighted by Crippen LogP contribution is -2.08. The van der Waals surface area contributed by atoms with Crippen molar-refractivity contribution in [1.29, 1.82) is 0 Å². The van der Waals surface area contributed by atoms with E-state index in [1.165, 1.54) is 0 Å². The predicted molar refractivity (Wildman–Crippen MR) is 45.7 cm³/mol. The first-order valence-electron chi connectivity index (χ1n) is 3.42. The second kappa shape index (κ2) is 4.36. The third kappa shape index (κ3) is 2.20. The van der Waals surface area contributed by atoms with E-state index in [0.717, 1.165) is 17.7 Å². The third-order valence-electron chi connectivity index (χ3n) is 1.63. The molecule has 0 aliphatic carbocycles. The van der Waals surface area contributed by atoms with E-state index in [1.54, 1.807) is 6.26 Å². The molecule has 1 aromatic heterocycles. The molecule has 11 heavy (non-hydrogen) atoms. The molecule has 0 bridgehead atoms. The Morgan fingerprint density at radius 2 is 2.36 bits per heavy atom. The Balaban J connectivity index is 0.000001000. The smallest absolute Gasteiger partial charge is 0.128 e. The highest BCUT2D eigenvalue weighted by Gasteiger charge is 2.08. The summed E-state index contributed by atoms with van der Waals surface area (Å²) < 4.78 is 4.74. The first kappa shape index (κ1) is 10.5. The van der Waals surface area contributed by atoms with Crippen molar-refractivity contribution in [3.05, 3.63) is 17.5 Å². The quantitative estimate of drug-likeness (QED) is 0.748. The van der Waals surface area contributed by atoms with Gasteiger partial charge in [-0.2, -0.15) is 0 Å². The van der Waals surface area contributed by atoms with Crippen LogP contribution in [0.15, 0.2) is 10.8 Å². The van der Waals surface area contributed by atoms with Gasteiger partial charge >= 0.3 is 0 Å². The predicted octanol–water partition coefficient (Wildman–Crippen LogP) is 1.81. The maximum atomic E-state index is 5.74. The van der Waals surface area contributed by atoms with Crippen LogP contribution in [0.3, 0.4) is 0 Å². The average molecular weight is 177 g/mol. The van der Waals surface area contributed by atoms with Gasteiger partial charge in [0.15, 0.2) is 0 Å². The zero-order chi connectivity index (χ0) is 7.56. The van der Waals surface area contributed by atoms with Gasteiger partial charge in [0, 0.05) is 11.6 Å². The number of rotatable bonds is 2. The van der Waals surface area contributed by atoms with Gasteiger partial charge in [-0.25, -0.2) is 0 Å². The maximum Gasteiger partial charge on any atom is 0.128 e. The van der Waals surface area contributed by atoms with Crippen LogP contribution in [-0.4, -0.2) is 5.16 Å². The van der Waals surface area contributed by atoms with E-state index in [1.807, 2.05) is 13.8 Å². The summed E-state index contributed by atoms with van der Waals surface area (Å²) in [5, 5.41) is 3.73. The van der Waals surface area contributed by atoms with E-state index in [2.05, 4.69) is 5.16 Å². The lowest BCUT2D eigenvalue weighted by molar-refractivity contribution is 0.413. The summed E-state index contributed by atoms with van der Waals surface area (Å²) in [4.78, 5) is 0. The molecule has 4 heteroatoms. The van der Waals surface area contributed by atoms with Crippen LogP contribution in [0.25, 0.3) is 0 Å². The Morgan fingerprint density at radius 3 is 2.73 bits per heavy atom. The number of nitrogens with two attached hydrogens (primary N) is 1. The van der Waals surface area contributed by atoms with Crippen molar-refractivity contribution in [2.45, 2.75) is 26.3 Å². The molecule has 1 heterocycles. The van der Waals surface area contributed by atoms with Crippen molar-refractivity contribution in [2.24, 2.45) is 5.73 Å². The van der Waals surface area contributed by atoms with E-state index in [9.17, 15) is 0 Å². The molecule has 0 saturated carbocycles. The average Bonchev–Trinajstić information content (AvgIpc) is 2.34. The second-order valence-corrected chi connectivity index (χ2v) is 2.37. The van der Waals surface area contributed by atoms with E-state index < -0.39 is 0 Å². The summed E-state index contributed by atoms with van der Waals surface area (Å²) in [6.45, 7) is 3.94. The van der Waals surface area contributed by atoms with E-state index >= 15 is 0 Å². The fourth-order valence-corrected chi connectivity index (χ4v) is 0.876. The number of nitrogens with zero attached hydrogens (tertiary/aromatic N) is 1. The van der Waals surface area contributed by atoms with Gasteiger partial charge < -0.3 is 10.3 Å². The van der Waals surface area contributed by atoms with Crippen LogP contribution in [0.4, 0.5) is 0 Å². The third-order valence-corrected chi connectivity index (χ3v) is 1.63.